The lowest BCUT2D eigenvalue weighted by Gasteiger charge is -2.14. The lowest BCUT2D eigenvalue weighted by atomic mass is 10.0. The molecule has 0 spiro atoms. The number of nitrogens with one attached hydrogen (secondary N) is 1. The van der Waals surface area contributed by atoms with Crippen LogP contribution >= 0.6 is 0 Å². The number of hydrogen-bond acceptors (Lipinski definition) is 6. The molecule has 0 saturated carbocycles. The highest BCUT2D eigenvalue weighted by molar-refractivity contribution is 5.79. The molecule has 0 fully saturated rings. The van der Waals surface area contributed by atoms with Gasteiger partial charge in [-0.15, -0.1) is 10.2 Å². The Labute approximate surface area is 111 Å². The number of aryl methyl sites for hydroxylation is 1. The molecule has 1 aromatic heterocycles. The molecule has 0 radical (unpaired) electrons. The SMILES string of the molecule is CNc1ncnnc1-c1c(C)cc(OC)cc1OC. The Balaban J connectivity index is 2.67. The topological polar surface area (TPSA) is 69.2 Å². The standard InChI is InChI=1S/C13H16N4O2/c1-8-5-9(18-3)6-10(19-4)11(8)12-13(14-2)15-7-16-17-12/h5-7H,1-4H3,(H,14,15,16). The van der Waals surface area contributed by atoms with Crippen LogP contribution in [0.4, 0.5) is 5.82 Å². The van der Waals surface area contributed by atoms with Crippen molar-refractivity contribution in [3.8, 4) is 22.8 Å². The minimum absolute atomic E-state index is 0.654. The quantitative estimate of drug-likeness (QED) is 0.905. The second-order valence-corrected chi connectivity index (χ2v) is 3.93. The van der Waals surface area contributed by atoms with Crippen LogP contribution in [0.3, 0.4) is 0 Å². The van der Waals surface area contributed by atoms with E-state index in [4.69, 9.17) is 9.47 Å². The first-order valence-corrected chi connectivity index (χ1v) is 5.79. The van der Waals surface area contributed by atoms with Crippen LogP contribution < -0.4 is 14.8 Å². The van der Waals surface area contributed by atoms with Crippen molar-refractivity contribution in [2.45, 2.75) is 6.92 Å². The first kappa shape index (κ1) is 13.1. The van der Waals surface area contributed by atoms with Gasteiger partial charge in [0.1, 0.15) is 23.5 Å². The molecule has 2 aromatic rings. The van der Waals surface area contributed by atoms with E-state index in [1.54, 1.807) is 21.3 Å². The van der Waals surface area contributed by atoms with Crippen molar-refractivity contribution in [3.63, 3.8) is 0 Å². The van der Waals surface area contributed by atoms with Gasteiger partial charge in [-0.3, -0.25) is 0 Å². The highest BCUT2D eigenvalue weighted by atomic mass is 16.5. The van der Waals surface area contributed by atoms with Gasteiger partial charge in [-0.1, -0.05) is 0 Å². The van der Waals surface area contributed by atoms with Crippen LogP contribution in [0.15, 0.2) is 18.5 Å². The van der Waals surface area contributed by atoms with Gasteiger partial charge in [-0.05, 0) is 18.6 Å². The zero-order valence-electron chi connectivity index (χ0n) is 11.4. The minimum Gasteiger partial charge on any atom is -0.497 e. The highest BCUT2D eigenvalue weighted by Gasteiger charge is 2.17. The Hall–Kier alpha value is -2.37. The van der Waals surface area contributed by atoms with Crippen LogP contribution in [0.2, 0.25) is 0 Å². The molecule has 0 aliphatic heterocycles. The second kappa shape index (κ2) is 5.51. The van der Waals surface area contributed by atoms with Gasteiger partial charge in [0.2, 0.25) is 0 Å². The van der Waals surface area contributed by atoms with Gasteiger partial charge in [0.15, 0.2) is 5.82 Å². The number of rotatable bonds is 4. The third kappa shape index (κ3) is 2.42. The van der Waals surface area contributed by atoms with E-state index in [1.165, 1.54) is 6.33 Å². The third-order valence-corrected chi connectivity index (χ3v) is 2.82. The van der Waals surface area contributed by atoms with Crippen LogP contribution in [0, 0.1) is 6.92 Å². The molecule has 6 heteroatoms. The summed E-state index contributed by atoms with van der Waals surface area (Å²) in [7, 11) is 5.02. The number of nitrogens with zero attached hydrogens (tertiary/aromatic N) is 3. The van der Waals surface area contributed by atoms with Crippen molar-refractivity contribution in [2.24, 2.45) is 0 Å². The molecule has 2 rings (SSSR count). The van der Waals surface area contributed by atoms with E-state index in [-0.39, 0.29) is 0 Å². The Morgan fingerprint density at radius 2 is 1.95 bits per heavy atom. The molecule has 0 saturated heterocycles. The average Bonchev–Trinajstić information content (AvgIpc) is 2.46. The molecule has 0 amide bonds. The summed E-state index contributed by atoms with van der Waals surface area (Å²) in [5.74, 6) is 2.07. The second-order valence-electron chi connectivity index (χ2n) is 3.93. The van der Waals surface area contributed by atoms with Gasteiger partial charge < -0.3 is 14.8 Å². The van der Waals surface area contributed by atoms with Crippen molar-refractivity contribution in [1.29, 1.82) is 0 Å². The predicted octanol–water partition coefficient (Wildman–Crippen LogP) is 1.91. The Morgan fingerprint density at radius 3 is 2.58 bits per heavy atom. The zero-order chi connectivity index (χ0) is 13.8. The van der Waals surface area contributed by atoms with Gasteiger partial charge >= 0.3 is 0 Å². The van der Waals surface area contributed by atoms with Crippen molar-refractivity contribution in [2.75, 3.05) is 26.6 Å². The lowest BCUT2D eigenvalue weighted by Crippen LogP contribution is -2.02. The Bertz CT molecular complexity index is 587. The van der Waals surface area contributed by atoms with Gasteiger partial charge in [-0.2, -0.15) is 0 Å². The highest BCUT2D eigenvalue weighted by Crippen LogP contribution is 2.37. The molecular formula is C13H16N4O2. The maximum atomic E-state index is 5.42. The monoisotopic (exact) mass is 260 g/mol. The van der Waals surface area contributed by atoms with Crippen LogP contribution in [0.25, 0.3) is 11.3 Å². The Kier molecular flexibility index (Phi) is 3.79. The van der Waals surface area contributed by atoms with Gasteiger partial charge in [0.25, 0.3) is 0 Å². The van der Waals surface area contributed by atoms with Crippen LogP contribution in [0.5, 0.6) is 11.5 Å². The van der Waals surface area contributed by atoms with Crippen LogP contribution in [-0.4, -0.2) is 36.4 Å². The van der Waals surface area contributed by atoms with E-state index < -0.39 is 0 Å². The lowest BCUT2D eigenvalue weighted by molar-refractivity contribution is 0.394. The summed E-state index contributed by atoms with van der Waals surface area (Å²) in [5.41, 5.74) is 2.49. The van der Waals surface area contributed by atoms with E-state index in [1.807, 2.05) is 19.1 Å². The summed E-state index contributed by atoms with van der Waals surface area (Å²) in [6.45, 7) is 1.97. The first-order valence-electron chi connectivity index (χ1n) is 5.79. The maximum Gasteiger partial charge on any atom is 0.156 e. The Morgan fingerprint density at radius 1 is 1.16 bits per heavy atom. The summed E-state index contributed by atoms with van der Waals surface area (Å²) < 4.78 is 10.7. The molecule has 19 heavy (non-hydrogen) atoms. The largest absolute Gasteiger partial charge is 0.497 e. The van der Waals surface area contributed by atoms with E-state index in [0.717, 1.165) is 16.9 Å². The number of benzene rings is 1. The molecule has 1 aromatic carbocycles. The summed E-state index contributed by atoms with van der Waals surface area (Å²) in [4.78, 5) is 4.16. The molecular weight excluding hydrogens is 244 g/mol. The molecule has 6 nitrogen and oxygen atoms in total. The molecule has 0 aliphatic carbocycles. The molecule has 0 bridgehead atoms. The smallest absolute Gasteiger partial charge is 0.156 e. The number of aromatic nitrogens is 3. The van der Waals surface area contributed by atoms with E-state index >= 15 is 0 Å². The fraction of sp³-hybridized carbons (Fsp3) is 0.308. The molecule has 1 N–H and O–H groups in total. The van der Waals surface area contributed by atoms with Crippen molar-refractivity contribution < 1.29 is 9.47 Å². The van der Waals surface area contributed by atoms with Crippen LogP contribution in [0.1, 0.15) is 5.56 Å². The molecule has 100 valence electrons. The summed E-state index contributed by atoms with van der Waals surface area (Å²) in [6.07, 6.45) is 1.40. The van der Waals surface area contributed by atoms with Gasteiger partial charge in [0.05, 0.1) is 19.8 Å². The molecule has 1 heterocycles. The summed E-state index contributed by atoms with van der Waals surface area (Å²) >= 11 is 0. The first-order chi connectivity index (χ1) is 9.21. The number of methoxy groups -OCH3 is 2. The van der Waals surface area contributed by atoms with Crippen LogP contribution in [-0.2, 0) is 0 Å². The number of anilines is 1. The maximum absolute atomic E-state index is 5.42. The summed E-state index contributed by atoms with van der Waals surface area (Å²) in [5, 5.41) is 11.0. The van der Waals surface area contributed by atoms with Crippen molar-refractivity contribution >= 4 is 5.82 Å². The fourth-order valence-electron chi connectivity index (χ4n) is 1.93. The van der Waals surface area contributed by atoms with E-state index in [0.29, 0.717) is 17.3 Å². The molecule has 0 unspecified atom stereocenters. The number of hydrogen-bond donors (Lipinski definition) is 1. The minimum atomic E-state index is 0.654. The van der Waals surface area contributed by atoms with E-state index in [9.17, 15) is 0 Å². The van der Waals surface area contributed by atoms with Crippen molar-refractivity contribution in [3.05, 3.63) is 24.0 Å². The summed E-state index contributed by atoms with van der Waals surface area (Å²) in [6, 6.07) is 3.74. The molecule has 0 atom stereocenters. The van der Waals surface area contributed by atoms with E-state index in [2.05, 4.69) is 20.5 Å². The van der Waals surface area contributed by atoms with Gasteiger partial charge in [0, 0.05) is 13.1 Å². The zero-order valence-corrected chi connectivity index (χ0v) is 11.4. The fourth-order valence-corrected chi connectivity index (χ4v) is 1.93. The normalized spacial score (nSPS) is 10.1. The van der Waals surface area contributed by atoms with Crippen molar-refractivity contribution in [1.82, 2.24) is 15.2 Å². The van der Waals surface area contributed by atoms with Gasteiger partial charge in [-0.25, -0.2) is 4.98 Å². The average molecular weight is 260 g/mol. The predicted molar refractivity (Wildman–Crippen MR) is 72.7 cm³/mol. The molecule has 0 aliphatic rings. The number of ether oxygens (including phenoxy) is 2. The third-order valence-electron chi connectivity index (χ3n) is 2.82.